The first-order valence-corrected chi connectivity index (χ1v) is 11.5. The Bertz CT molecular complexity index is 425. The van der Waals surface area contributed by atoms with Gasteiger partial charge in [0.1, 0.15) is 0 Å². The normalized spacial score (nSPS) is 26.9. The molecule has 0 unspecified atom stereocenters. The Kier molecular flexibility index (Phi) is 5.98. The van der Waals surface area contributed by atoms with E-state index < -0.39 is 26.1 Å². The number of hydrogen-bond acceptors (Lipinski definition) is 3. The summed E-state index contributed by atoms with van der Waals surface area (Å²) >= 11 is 0. The van der Waals surface area contributed by atoms with E-state index in [0.717, 1.165) is 0 Å². The standard InChI is InChI=1S/C17H35NO4Si/c1-16(2,3)18(15(20)21)13-10-9-12(19)11-14(13)22-23(7,8)17(4,5)6/h12-14,19H,9-11H2,1-8H3,(H,20,21)/t12-,13-,14-/m1/s1. The molecule has 1 saturated carbocycles. The molecule has 0 aliphatic heterocycles. The lowest BCUT2D eigenvalue weighted by Gasteiger charge is -2.49. The smallest absolute Gasteiger partial charge is 0.408 e. The van der Waals surface area contributed by atoms with E-state index >= 15 is 0 Å². The molecule has 5 nitrogen and oxygen atoms in total. The van der Waals surface area contributed by atoms with Gasteiger partial charge in [-0.05, 0) is 51.7 Å². The highest BCUT2D eigenvalue weighted by molar-refractivity contribution is 6.74. The van der Waals surface area contributed by atoms with Gasteiger partial charge < -0.3 is 14.6 Å². The summed E-state index contributed by atoms with van der Waals surface area (Å²) in [5.41, 5.74) is -0.492. The highest BCUT2D eigenvalue weighted by Crippen LogP contribution is 2.40. The van der Waals surface area contributed by atoms with Crippen molar-refractivity contribution in [2.45, 2.75) is 103 Å². The largest absolute Gasteiger partial charge is 0.465 e. The van der Waals surface area contributed by atoms with Gasteiger partial charge in [0.2, 0.25) is 0 Å². The van der Waals surface area contributed by atoms with Gasteiger partial charge in [-0.3, -0.25) is 4.90 Å². The van der Waals surface area contributed by atoms with E-state index in [1.165, 1.54) is 4.90 Å². The first-order valence-electron chi connectivity index (χ1n) is 8.55. The summed E-state index contributed by atoms with van der Waals surface area (Å²) < 4.78 is 6.53. The zero-order valence-electron chi connectivity index (χ0n) is 16.0. The van der Waals surface area contributed by atoms with Crippen LogP contribution in [-0.2, 0) is 4.43 Å². The highest BCUT2D eigenvalue weighted by Gasteiger charge is 2.46. The summed E-state index contributed by atoms with van der Waals surface area (Å²) in [7, 11) is -2.03. The van der Waals surface area contributed by atoms with Crippen LogP contribution in [0.25, 0.3) is 0 Å². The summed E-state index contributed by atoms with van der Waals surface area (Å²) in [6.45, 7) is 16.6. The quantitative estimate of drug-likeness (QED) is 0.757. The maximum atomic E-state index is 11.9. The lowest BCUT2D eigenvalue weighted by atomic mass is 9.87. The van der Waals surface area contributed by atoms with Crippen molar-refractivity contribution in [3.63, 3.8) is 0 Å². The van der Waals surface area contributed by atoms with E-state index in [1.54, 1.807) is 0 Å². The van der Waals surface area contributed by atoms with Crippen molar-refractivity contribution in [2.75, 3.05) is 0 Å². The summed E-state index contributed by atoms with van der Waals surface area (Å²) in [4.78, 5) is 13.4. The first-order chi connectivity index (χ1) is 10.2. The predicted molar refractivity (Wildman–Crippen MR) is 95.3 cm³/mol. The van der Waals surface area contributed by atoms with Crippen molar-refractivity contribution in [1.29, 1.82) is 0 Å². The first kappa shape index (κ1) is 20.5. The molecule has 1 rings (SSSR count). The van der Waals surface area contributed by atoms with Crippen molar-refractivity contribution in [1.82, 2.24) is 4.90 Å². The molecule has 6 heteroatoms. The van der Waals surface area contributed by atoms with Crippen LogP contribution >= 0.6 is 0 Å². The van der Waals surface area contributed by atoms with Crippen LogP contribution in [0.3, 0.4) is 0 Å². The van der Waals surface area contributed by atoms with Gasteiger partial charge in [-0.15, -0.1) is 0 Å². The Balaban J connectivity index is 3.11. The maximum absolute atomic E-state index is 11.9. The van der Waals surface area contributed by atoms with Crippen LogP contribution < -0.4 is 0 Å². The lowest BCUT2D eigenvalue weighted by Crippen LogP contribution is -2.60. The van der Waals surface area contributed by atoms with E-state index in [4.69, 9.17) is 4.43 Å². The minimum Gasteiger partial charge on any atom is -0.465 e. The van der Waals surface area contributed by atoms with Crippen LogP contribution in [0.1, 0.15) is 60.8 Å². The summed E-state index contributed by atoms with van der Waals surface area (Å²) in [5.74, 6) is 0. The lowest BCUT2D eigenvalue weighted by molar-refractivity contribution is -0.0391. The molecule has 0 spiro atoms. The van der Waals surface area contributed by atoms with Crippen molar-refractivity contribution in [3.05, 3.63) is 0 Å². The maximum Gasteiger partial charge on any atom is 0.408 e. The topological polar surface area (TPSA) is 70.0 Å². The van der Waals surface area contributed by atoms with Crippen LogP contribution in [0.2, 0.25) is 18.1 Å². The number of carbonyl (C=O) groups is 1. The van der Waals surface area contributed by atoms with Crippen LogP contribution in [0, 0.1) is 0 Å². The Morgan fingerprint density at radius 1 is 1.13 bits per heavy atom. The van der Waals surface area contributed by atoms with E-state index in [2.05, 4.69) is 33.9 Å². The zero-order chi connectivity index (χ0) is 18.2. The molecule has 0 aromatic heterocycles. The van der Waals surface area contributed by atoms with E-state index in [-0.39, 0.29) is 17.2 Å². The average Bonchev–Trinajstić information content (AvgIpc) is 2.28. The molecule has 1 aliphatic carbocycles. The zero-order valence-corrected chi connectivity index (χ0v) is 17.0. The van der Waals surface area contributed by atoms with Gasteiger partial charge in [-0.25, -0.2) is 4.79 Å². The van der Waals surface area contributed by atoms with Gasteiger partial charge in [0.25, 0.3) is 0 Å². The number of amides is 1. The number of carboxylic acid groups (broad SMARTS) is 1. The molecule has 0 saturated heterocycles. The van der Waals surface area contributed by atoms with Gasteiger partial charge in [0, 0.05) is 12.0 Å². The molecule has 1 amide bonds. The van der Waals surface area contributed by atoms with Gasteiger partial charge in [0.15, 0.2) is 8.32 Å². The third-order valence-electron chi connectivity index (χ3n) is 5.24. The fourth-order valence-corrected chi connectivity index (χ4v) is 4.36. The Morgan fingerprint density at radius 3 is 2.04 bits per heavy atom. The highest BCUT2D eigenvalue weighted by atomic mass is 28.4. The van der Waals surface area contributed by atoms with Crippen molar-refractivity contribution in [3.8, 4) is 0 Å². The third-order valence-corrected chi connectivity index (χ3v) is 9.75. The van der Waals surface area contributed by atoms with Gasteiger partial charge >= 0.3 is 6.09 Å². The van der Waals surface area contributed by atoms with E-state index in [0.29, 0.717) is 19.3 Å². The molecule has 23 heavy (non-hydrogen) atoms. The second-order valence-corrected chi connectivity index (χ2v) is 14.0. The molecule has 3 atom stereocenters. The Morgan fingerprint density at radius 2 is 1.65 bits per heavy atom. The Hall–Kier alpha value is -0.593. The minimum atomic E-state index is -2.03. The number of hydrogen-bond donors (Lipinski definition) is 2. The van der Waals surface area contributed by atoms with E-state index in [1.807, 2.05) is 20.8 Å². The molecule has 0 heterocycles. The average molecular weight is 346 g/mol. The van der Waals surface area contributed by atoms with Gasteiger partial charge in [-0.2, -0.15) is 0 Å². The molecule has 1 aliphatic rings. The van der Waals surface area contributed by atoms with Crippen molar-refractivity contribution >= 4 is 14.4 Å². The molecular formula is C17H35NO4Si. The number of nitrogens with zero attached hydrogens (tertiary/aromatic N) is 1. The second kappa shape index (κ2) is 6.73. The molecule has 136 valence electrons. The van der Waals surface area contributed by atoms with Gasteiger partial charge in [0.05, 0.1) is 18.2 Å². The van der Waals surface area contributed by atoms with E-state index in [9.17, 15) is 15.0 Å². The fraction of sp³-hybridized carbons (Fsp3) is 0.941. The monoisotopic (exact) mass is 345 g/mol. The molecule has 0 aromatic carbocycles. The van der Waals surface area contributed by atoms with Crippen molar-refractivity contribution < 1.29 is 19.4 Å². The Labute approximate surface area is 142 Å². The SMILES string of the molecule is CC(C)(C)N(C(=O)O)[C@@H]1CC[C@@H](O)C[C@H]1O[Si](C)(C)C(C)(C)C. The second-order valence-electron chi connectivity index (χ2n) is 9.27. The van der Waals surface area contributed by atoms with Crippen molar-refractivity contribution in [2.24, 2.45) is 0 Å². The molecule has 0 aromatic rings. The summed E-state index contributed by atoms with van der Waals surface area (Å²) in [5, 5.41) is 19.9. The fourth-order valence-electron chi connectivity index (χ4n) is 3.00. The number of aliphatic hydroxyl groups is 1. The molecule has 1 fully saturated rings. The van der Waals surface area contributed by atoms with Crippen LogP contribution in [0.15, 0.2) is 0 Å². The van der Waals surface area contributed by atoms with Crippen LogP contribution in [0.5, 0.6) is 0 Å². The molecule has 2 N–H and O–H groups in total. The molecule has 0 radical (unpaired) electrons. The molecule has 0 bridgehead atoms. The van der Waals surface area contributed by atoms with Crippen LogP contribution in [-0.4, -0.2) is 53.3 Å². The number of rotatable bonds is 3. The predicted octanol–water partition coefficient (Wildman–Crippen LogP) is 4.07. The number of aliphatic hydroxyl groups excluding tert-OH is 1. The van der Waals surface area contributed by atoms with Gasteiger partial charge in [-0.1, -0.05) is 20.8 Å². The third kappa shape index (κ3) is 4.94. The van der Waals surface area contributed by atoms with Crippen LogP contribution in [0.4, 0.5) is 4.79 Å². The summed E-state index contributed by atoms with van der Waals surface area (Å²) in [6.07, 6.45) is 0.220. The minimum absolute atomic E-state index is 0.0513. The summed E-state index contributed by atoms with van der Waals surface area (Å²) in [6, 6.07) is -0.204. The molecular weight excluding hydrogens is 310 g/mol.